The molecule has 7 nitrogen and oxygen atoms in total. The Bertz CT molecular complexity index is 794. The lowest BCUT2D eigenvalue weighted by Crippen LogP contribution is -2.48. The number of aryl methyl sites for hydroxylation is 1. The van der Waals surface area contributed by atoms with E-state index in [2.05, 4.69) is 15.2 Å². The van der Waals surface area contributed by atoms with Gasteiger partial charge in [0.1, 0.15) is 23.5 Å². The van der Waals surface area contributed by atoms with Crippen molar-refractivity contribution in [2.24, 2.45) is 0 Å². The van der Waals surface area contributed by atoms with Crippen molar-refractivity contribution in [2.75, 3.05) is 19.7 Å². The molecule has 2 atom stereocenters. The third-order valence-electron chi connectivity index (χ3n) is 4.52. The lowest BCUT2D eigenvalue weighted by atomic mass is 10.1. The van der Waals surface area contributed by atoms with E-state index >= 15 is 0 Å². The van der Waals surface area contributed by atoms with E-state index in [1.165, 1.54) is 12.1 Å². The minimum Gasteiger partial charge on any atom is -0.480 e. The van der Waals surface area contributed by atoms with Gasteiger partial charge < -0.3 is 14.4 Å². The molecule has 132 valence electrons. The molecule has 0 spiro atoms. The molecule has 1 N–H and O–H groups in total. The number of amides is 1. The monoisotopic (exact) mass is 346 g/mol. The Morgan fingerprint density at radius 1 is 1.48 bits per heavy atom. The van der Waals surface area contributed by atoms with Crippen molar-refractivity contribution in [1.29, 1.82) is 0 Å². The predicted molar refractivity (Wildman–Crippen MR) is 85.6 cm³/mol. The summed E-state index contributed by atoms with van der Waals surface area (Å²) >= 11 is 0. The summed E-state index contributed by atoms with van der Waals surface area (Å²) in [5, 5.41) is 7.04. The largest absolute Gasteiger partial charge is 0.480 e. The van der Waals surface area contributed by atoms with E-state index < -0.39 is 6.10 Å². The zero-order valence-corrected chi connectivity index (χ0v) is 13.9. The van der Waals surface area contributed by atoms with Gasteiger partial charge in [0.2, 0.25) is 0 Å². The van der Waals surface area contributed by atoms with Gasteiger partial charge in [0, 0.05) is 24.9 Å². The van der Waals surface area contributed by atoms with Crippen LogP contribution in [-0.2, 0) is 22.4 Å². The number of hydrogen-bond acceptors (Lipinski definition) is 5. The molecule has 3 heterocycles. The minimum atomic E-state index is -0.617. The number of morpholine rings is 1. The highest BCUT2D eigenvalue weighted by Crippen LogP contribution is 2.31. The molecule has 25 heavy (non-hydrogen) atoms. The molecule has 0 bridgehead atoms. The Morgan fingerprint density at radius 2 is 2.36 bits per heavy atom. The quantitative estimate of drug-likeness (QED) is 0.909. The second kappa shape index (κ2) is 6.44. The topological polar surface area (TPSA) is 80.3 Å². The maximum Gasteiger partial charge on any atom is 0.264 e. The average Bonchev–Trinajstić information content (AvgIpc) is 3.27. The maximum absolute atomic E-state index is 13.3. The fourth-order valence-corrected chi connectivity index (χ4v) is 3.18. The molecular weight excluding hydrogens is 327 g/mol. The number of ether oxygens (including phenoxy) is 2. The molecule has 1 aromatic heterocycles. The van der Waals surface area contributed by atoms with Gasteiger partial charge in [-0.05, 0) is 18.2 Å². The molecule has 1 fully saturated rings. The lowest BCUT2D eigenvalue weighted by molar-refractivity contribution is -0.146. The molecule has 2 aliphatic rings. The summed E-state index contributed by atoms with van der Waals surface area (Å²) in [4.78, 5) is 18.9. The number of H-pyrrole nitrogens is 1. The van der Waals surface area contributed by atoms with Crippen molar-refractivity contribution >= 4 is 5.91 Å². The van der Waals surface area contributed by atoms with Gasteiger partial charge in [0.05, 0.1) is 13.2 Å². The SMILES string of the molecule is CCc1nc([C@H]2CN(C(=O)[C@H]3Cc4cc(F)ccc4O3)CCO2)n[nH]1. The number of aromatic nitrogens is 3. The highest BCUT2D eigenvalue weighted by molar-refractivity contribution is 5.82. The summed E-state index contributed by atoms with van der Waals surface area (Å²) in [7, 11) is 0. The normalized spacial score (nSPS) is 22.6. The van der Waals surface area contributed by atoms with Crippen molar-refractivity contribution in [3.05, 3.63) is 41.2 Å². The molecule has 4 rings (SSSR count). The molecule has 2 aliphatic heterocycles. The Labute approximate surface area is 144 Å². The highest BCUT2D eigenvalue weighted by atomic mass is 19.1. The van der Waals surface area contributed by atoms with Gasteiger partial charge in [-0.1, -0.05) is 6.92 Å². The van der Waals surface area contributed by atoms with Crippen LogP contribution in [0.1, 0.15) is 30.2 Å². The zero-order chi connectivity index (χ0) is 17.4. The number of nitrogens with one attached hydrogen (secondary N) is 1. The van der Waals surface area contributed by atoms with E-state index in [9.17, 15) is 9.18 Å². The Hall–Kier alpha value is -2.48. The van der Waals surface area contributed by atoms with Crippen LogP contribution in [0.2, 0.25) is 0 Å². The second-order valence-electron chi connectivity index (χ2n) is 6.20. The molecule has 0 saturated carbocycles. The second-order valence-corrected chi connectivity index (χ2v) is 6.20. The van der Waals surface area contributed by atoms with Crippen LogP contribution in [0, 0.1) is 5.82 Å². The third-order valence-corrected chi connectivity index (χ3v) is 4.52. The van der Waals surface area contributed by atoms with E-state index in [1.807, 2.05) is 6.92 Å². The van der Waals surface area contributed by atoms with Crippen LogP contribution in [0.4, 0.5) is 4.39 Å². The average molecular weight is 346 g/mol. The molecule has 2 aromatic rings. The number of aromatic amines is 1. The van der Waals surface area contributed by atoms with Gasteiger partial charge in [-0.15, -0.1) is 0 Å². The number of hydrogen-bond donors (Lipinski definition) is 1. The molecule has 0 unspecified atom stereocenters. The van der Waals surface area contributed by atoms with Crippen molar-refractivity contribution in [1.82, 2.24) is 20.1 Å². The number of carbonyl (C=O) groups is 1. The van der Waals surface area contributed by atoms with Gasteiger partial charge in [0.15, 0.2) is 11.9 Å². The number of rotatable bonds is 3. The first kappa shape index (κ1) is 16.0. The maximum atomic E-state index is 13.3. The van der Waals surface area contributed by atoms with Crippen LogP contribution < -0.4 is 4.74 Å². The van der Waals surface area contributed by atoms with Gasteiger partial charge in [0.25, 0.3) is 5.91 Å². The molecule has 1 saturated heterocycles. The van der Waals surface area contributed by atoms with Crippen LogP contribution in [0.5, 0.6) is 5.75 Å². The first-order valence-electron chi connectivity index (χ1n) is 8.40. The Kier molecular flexibility index (Phi) is 4.12. The smallest absolute Gasteiger partial charge is 0.264 e. The first-order chi connectivity index (χ1) is 12.1. The third kappa shape index (κ3) is 3.09. The van der Waals surface area contributed by atoms with Crippen LogP contribution in [0.3, 0.4) is 0 Å². The summed E-state index contributed by atoms with van der Waals surface area (Å²) in [5.41, 5.74) is 0.727. The fourth-order valence-electron chi connectivity index (χ4n) is 3.18. The van der Waals surface area contributed by atoms with Crippen molar-refractivity contribution in [2.45, 2.75) is 32.0 Å². The summed E-state index contributed by atoms with van der Waals surface area (Å²) < 4.78 is 24.7. The summed E-state index contributed by atoms with van der Waals surface area (Å²) in [5.74, 6) is 1.49. The standard InChI is InChI=1S/C17H19FN4O3/c1-2-15-19-16(21-20-15)14-9-22(5-6-24-14)17(23)13-8-10-7-11(18)3-4-12(10)25-13/h3-4,7,13-14H,2,5-6,8-9H2,1H3,(H,19,20,21)/t13-,14-/m1/s1. The van der Waals surface area contributed by atoms with Crippen LogP contribution in [-0.4, -0.2) is 51.8 Å². The number of fused-ring (bicyclic) bond motifs is 1. The van der Waals surface area contributed by atoms with Gasteiger partial charge >= 0.3 is 0 Å². The van der Waals surface area contributed by atoms with Crippen molar-refractivity contribution < 1.29 is 18.7 Å². The lowest BCUT2D eigenvalue weighted by Gasteiger charge is -2.32. The van der Waals surface area contributed by atoms with Crippen LogP contribution in [0.25, 0.3) is 0 Å². The molecule has 0 radical (unpaired) electrons. The molecule has 0 aliphatic carbocycles. The fraction of sp³-hybridized carbons (Fsp3) is 0.471. The summed E-state index contributed by atoms with van der Waals surface area (Å²) in [6, 6.07) is 4.33. The van der Waals surface area contributed by atoms with Gasteiger partial charge in [-0.25, -0.2) is 9.37 Å². The minimum absolute atomic E-state index is 0.115. The Morgan fingerprint density at radius 3 is 3.16 bits per heavy atom. The predicted octanol–water partition coefficient (Wildman–Crippen LogP) is 1.41. The zero-order valence-electron chi connectivity index (χ0n) is 13.9. The Balaban J connectivity index is 1.44. The highest BCUT2D eigenvalue weighted by Gasteiger charge is 2.36. The first-order valence-corrected chi connectivity index (χ1v) is 8.40. The summed E-state index contributed by atoms with van der Waals surface area (Å²) in [6.07, 6.45) is 0.172. The summed E-state index contributed by atoms with van der Waals surface area (Å²) in [6.45, 7) is 3.27. The molecule has 1 amide bonds. The van der Waals surface area contributed by atoms with Crippen molar-refractivity contribution in [3.8, 4) is 5.75 Å². The van der Waals surface area contributed by atoms with E-state index in [4.69, 9.17) is 9.47 Å². The van der Waals surface area contributed by atoms with Crippen molar-refractivity contribution in [3.63, 3.8) is 0 Å². The van der Waals surface area contributed by atoms with E-state index in [1.54, 1.807) is 11.0 Å². The number of nitrogens with zero attached hydrogens (tertiary/aromatic N) is 3. The van der Waals surface area contributed by atoms with Crippen LogP contribution in [0.15, 0.2) is 18.2 Å². The number of benzene rings is 1. The number of carbonyl (C=O) groups excluding carboxylic acids is 1. The molecule has 1 aromatic carbocycles. The van der Waals surface area contributed by atoms with Crippen LogP contribution >= 0.6 is 0 Å². The molecular formula is C17H19FN4O3. The van der Waals surface area contributed by atoms with Gasteiger partial charge in [-0.2, -0.15) is 5.10 Å². The number of halogens is 1. The van der Waals surface area contributed by atoms with Gasteiger partial charge in [-0.3, -0.25) is 9.89 Å². The van der Waals surface area contributed by atoms with E-state index in [-0.39, 0.29) is 17.8 Å². The molecule has 8 heteroatoms. The van der Waals surface area contributed by atoms with E-state index in [0.29, 0.717) is 37.7 Å². The van der Waals surface area contributed by atoms with E-state index in [0.717, 1.165) is 17.8 Å².